The first-order valence-electron chi connectivity index (χ1n) is 11.7. The second-order valence-electron chi connectivity index (χ2n) is 8.60. The molecule has 3 aromatic rings. The minimum atomic E-state index is -1.64. The third-order valence-electron chi connectivity index (χ3n) is 6.01. The summed E-state index contributed by atoms with van der Waals surface area (Å²) in [5, 5.41) is 28.4. The molecule has 2 heterocycles. The van der Waals surface area contributed by atoms with Gasteiger partial charge < -0.3 is 25.2 Å². The summed E-state index contributed by atoms with van der Waals surface area (Å²) in [7, 11) is 0. The Morgan fingerprint density at radius 3 is 2.36 bits per heavy atom. The van der Waals surface area contributed by atoms with Gasteiger partial charge in [0, 0.05) is 31.6 Å². The maximum Gasteiger partial charge on any atom is 0.332 e. The molecule has 188 valence electrons. The fraction of sp³-hybridized carbons (Fsp3) is 0.308. The van der Waals surface area contributed by atoms with Gasteiger partial charge in [0.1, 0.15) is 5.69 Å². The molecular formula is C26H28N4O6. The average molecular weight is 493 g/mol. The number of aliphatic carboxylic acids is 1. The van der Waals surface area contributed by atoms with Crippen LogP contribution in [0.25, 0.3) is 11.1 Å². The van der Waals surface area contributed by atoms with Gasteiger partial charge in [-0.2, -0.15) is 5.10 Å². The highest BCUT2D eigenvalue weighted by Gasteiger charge is 2.25. The van der Waals surface area contributed by atoms with E-state index in [4.69, 9.17) is 9.84 Å². The number of carboxylic acids is 1. The van der Waals surface area contributed by atoms with Crippen LogP contribution in [-0.4, -0.2) is 81.5 Å². The number of carbonyl (C=O) groups excluding carboxylic acids is 2. The van der Waals surface area contributed by atoms with E-state index >= 15 is 0 Å². The highest BCUT2D eigenvalue weighted by atomic mass is 16.5. The van der Waals surface area contributed by atoms with Crippen LogP contribution >= 0.6 is 0 Å². The predicted molar refractivity (Wildman–Crippen MR) is 130 cm³/mol. The van der Waals surface area contributed by atoms with Crippen LogP contribution in [0.3, 0.4) is 0 Å². The largest absolute Gasteiger partial charge is 0.479 e. The topological polar surface area (TPSA) is 145 Å². The summed E-state index contributed by atoms with van der Waals surface area (Å²) in [5.41, 5.74) is 3.14. The molecule has 1 aromatic heterocycles. The Labute approximate surface area is 207 Å². The Morgan fingerprint density at radius 1 is 1.03 bits per heavy atom. The first-order chi connectivity index (χ1) is 17.4. The second-order valence-corrected chi connectivity index (χ2v) is 8.60. The van der Waals surface area contributed by atoms with E-state index in [1.54, 1.807) is 4.90 Å². The molecule has 2 amide bonds. The van der Waals surface area contributed by atoms with Crippen molar-refractivity contribution in [3.63, 3.8) is 0 Å². The Balaban J connectivity index is 1.44. The quantitative estimate of drug-likeness (QED) is 0.356. The second kappa shape index (κ2) is 11.6. The smallest absolute Gasteiger partial charge is 0.332 e. The molecule has 0 radical (unpaired) electrons. The zero-order chi connectivity index (χ0) is 25.5. The van der Waals surface area contributed by atoms with Crippen molar-refractivity contribution < 1.29 is 29.3 Å². The molecule has 10 heteroatoms. The van der Waals surface area contributed by atoms with E-state index in [1.807, 2.05) is 54.6 Å². The molecule has 2 atom stereocenters. The summed E-state index contributed by atoms with van der Waals surface area (Å²) < 4.78 is 5.25. The number of nitrogens with zero attached hydrogens (tertiary/aromatic N) is 2. The zero-order valence-corrected chi connectivity index (χ0v) is 19.6. The van der Waals surface area contributed by atoms with Crippen molar-refractivity contribution >= 4 is 17.8 Å². The lowest BCUT2D eigenvalue weighted by atomic mass is 9.97. The first kappa shape index (κ1) is 25.1. The molecule has 0 aliphatic carbocycles. The maximum atomic E-state index is 12.9. The molecule has 1 aliphatic rings. The molecule has 0 spiro atoms. The van der Waals surface area contributed by atoms with E-state index in [2.05, 4.69) is 15.5 Å². The summed E-state index contributed by atoms with van der Waals surface area (Å²) >= 11 is 0. The first-order valence-corrected chi connectivity index (χ1v) is 11.7. The van der Waals surface area contributed by atoms with Gasteiger partial charge in [-0.25, -0.2) is 4.79 Å². The average Bonchev–Trinajstić information content (AvgIpc) is 3.40. The van der Waals surface area contributed by atoms with E-state index in [0.717, 1.165) is 16.7 Å². The number of morpholine rings is 1. The van der Waals surface area contributed by atoms with Crippen molar-refractivity contribution in [3.8, 4) is 11.1 Å². The van der Waals surface area contributed by atoms with Crippen LogP contribution in [0.2, 0.25) is 0 Å². The predicted octanol–water partition coefficient (Wildman–Crippen LogP) is 1.73. The lowest BCUT2D eigenvalue weighted by molar-refractivity contribution is -0.147. The number of amides is 2. The zero-order valence-electron chi connectivity index (χ0n) is 19.6. The summed E-state index contributed by atoms with van der Waals surface area (Å²) in [6, 6.07) is 18.3. The highest BCUT2D eigenvalue weighted by Crippen LogP contribution is 2.20. The van der Waals surface area contributed by atoms with Crippen molar-refractivity contribution in [1.82, 2.24) is 20.4 Å². The molecule has 4 rings (SSSR count). The van der Waals surface area contributed by atoms with Crippen molar-refractivity contribution in [3.05, 3.63) is 77.6 Å². The number of aromatic amines is 1. The summed E-state index contributed by atoms with van der Waals surface area (Å²) in [6.45, 7) is 1.80. The van der Waals surface area contributed by atoms with Crippen LogP contribution in [0.4, 0.5) is 0 Å². The van der Waals surface area contributed by atoms with Gasteiger partial charge >= 0.3 is 5.97 Å². The van der Waals surface area contributed by atoms with Crippen molar-refractivity contribution in [2.45, 2.75) is 25.0 Å². The molecule has 1 saturated heterocycles. The minimum Gasteiger partial charge on any atom is -0.479 e. The number of rotatable bonds is 9. The molecule has 2 aromatic carbocycles. The maximum absolute atomic E-state index is 12.9. The summed E-state index contributed by atoms with van der Waals surface area (Å²) in [4.78, 5) is 38.3. The standard InChI is InChI=1S/C26H28N4O6/c31-23(26(34)35)15-20(14-17-6-8-19(9-7-17)18-4-2-1-3-5-18)27-24(32)21-16-22(29-28-21)25(33)30-10-12-36-13-11-30/h1-9,16,20,23,31H,10-15H2,(H,27,32)(H,28,29)(H,34,35). The van der Waals surface area contributed by atoms with Gasteiger partial charge in [0.2, 0.25) is 0 Å². The van der Waals surface area contributed by atoms with Crippen LogP contribution in [0.15, 0.2) is 60.7 Å². The van der Waals surface area contributed by atoms with E-state index in [0.29, 0.717) is 32.7 Å². The van der Waals surface area contributed by atoms with Gasteiger partial charge in [-0.15, -0.1) is 0 Å². The molecule has 0 saturated carbocycles. The number of hydrogen-bond acceptors (Lipinski definition) is 6. The van der Waals surface area contributed by atoms with Gasteiger partial charge in [0.05, 0.1) is 13.2 Å². The summed E-state index contributed by atoms with van der Waals surface area (Å²) in [5.74, 6) is -2.22. The molecule has 10 nitrogen and oxygen atoms in total. The van der Waals surface area contributed by atoms with Gasteiger partial charge in [-0.3, -0.25) is 14.7 Å². The van der Waals surface area contributed by atoms with Crippen LogP contribution in [0, 0.1) is 0 Å². The van der Waals surface area contributed by atoms with Gasteiger partial charge in [0.25, 0.3) is 11.8 Å². The summed E-state index contributed by atoms with van der Waals surface area (Å²) in [6.07, 6.45) is -1.52. The number of carbonyl (C=O) groups is 3. The van der Waals surface area contributed by atoms with Crippen molar-refractivity contribution in [2.24, 2.45) is 0 Å². The Bertz CT molecular complexity index is 1190. The number of aliphatic hydroxyl groups is 1. The normalized spacial score (nSPS) is 15.2. The Hall–Kier alpha value is -4.02. The van der Waals surface area contributed by atoms with Crippen LogP contribution in [0.5, 0.6) is 0 Å². The lowest BCUT2D eigenvalue weighted by Crippen LogP contribution is -2.41. The van der Waals surface area contributed by atoms with Crippen LogP contribution in [-0.2, 0) is 16.0 Å². The number of carboxylic acid groups (broad SMARTS) is 1. The molecule has 0 bridgehead atoms. The fourth-order valence-corrected chi connectivity index (χ4v) is 4.05. The number of ether oxygens (including phenoxy) is 1. The Morgan fingerprint density at radius 2 is 1.69 bits per heavy atom. The number of aliphatic hydroxyl groups excluding tert-OH is 1. The third kappa shape index (κ3) is 6.35. The van der Waals surface area contributed by atoms with E-state index < -0.39 is 24.0 Å². The lowest BCUT2D eigenvalue weighted by Gasteiger charge is -2.25. The van der Waals surface area contributed by atoms with E-state index in [1.165, 1.54) is 6.07 Å². The Kier molecular flexibility index (Phi) is 8.09. The monoisotopic (exact) mass is 492 g/mol. The molecular weight excluding hydrogens is 464 g/mol. The minimum absolute atomic E-state index is 0.0702. The number of aromatic nitrogens is 2. The molecule has 36 heavy (non-hydrogen) atoms. The van der Waals surface area contributed by atoms with Crippen LogP contribution in [0.1, 0.15) is 33.0 Å². The SMILES string of the molecule is O=C(NC(Cc1ccc(-c2ccccc2)cc1)CC(O)C(=O)O)c1cc(C(=O)N2CCOCC2)n[nH]1. The molecule has 2 unspecified atom stereocenters. The van der Waals surface area contributed by atoms with Gasteiger partial charge in [-0.05, 0) is 23.1 Å². The van der Waals surface area contributed by atoms with E-state index in [-0.39, 0.29) is 23.7 Å². The number of nitrogens with one attached hydrogen (secondary N) is 2. The number of hydrogen-bond donors (Lipinski definition) is 4. The van der Waals surface area contributed by atoms with Gasteiger partial charge in [-0.1, -0.05) is 54.6 Å². The molecule has 1 aliphatic heterocycles. The van der Waals surface area contributed by atoms with Crippen molar-refractivity contribution in [1.29, 1.82) is 0 Å². The van der Waals surface area contributed by atoms with Crippen molar-refractivity contribution in [2.75, 3.05) is 26.3 Å². The van der Waals surface area contributed by atoms with E-state index in [9.17, 15) is 19.5 Å². The third-order valence-corrected chi connectivity index (χ3v) is 6.01. The van der Waals surface area contributed by atoms with Crippen LogP contribution < -0.4 is 5.32 Å². The van der Waals surface area contributed by atoms with Gasteiger partial charge in [0.15, 0.2) is 11.8 Å². The molecule has 4 N–H and O–H groups in total. The number of benzene rings is 2. The fourth-order valence-electron chi connectivity index (χ4n) is 4.05. The number of H-pyrrole nitrogens is 1. The highest BCUT2D eigenvalue weighted by molar-refractivity contribution is 5.97. The molecule has 1 fully saturated rings.